The highest BCUT2D eigenvalue weighted by molar-refractivity contribution is 5.71. The van der Waals surface area contributed by atoms with Gasteiger partial charge in [0.25, 0.3) is 0 Å². The molecule has 0 N–H and O–H groups in total. The van der Waals surface area contributed by atoms with Gasteiger partial charge in [-0.1, -0.05) is 20.3 Å². The molecule has 1 unspecified atom stereocenters. The van der Waals surface area contributed by atoms with Gasteiger partial charge in [-0.15, -0.1) is 0 Å². The average molecular weight is 227 g/mol. The Balaban J connectivity index is 2.32. The third kappa shape index (κ3) is 4.97. The maximum Gasteiger partial charge on any atom is 0.320 e. The van der Waals surface area contributed by atoms with Gasteiger partial charge in [-0.3, -0.25) is 9.69 Å². The Morgan fingerprint density at radius 2 is 2.12 bits per heavy atom. The van der Waals surface area contributed by atoms with Crippen molar-refractivity contribution in [1.82, 2.24) is 4.90 Å². The molecule has 0 amide bonds. The first kappa shape index (κ1) is 13.5. The van der Waals surface area contributed by atoms with E-state index in [1.54, 1.807) is 0 Å². The van der Waals surface area contributed by atoms with Crippen LogP contribution in [0.3, 0.4) is 0 Å². The summed E-state index contributed by atoms with van der Waals surface area (Å²) in [6.07, 6.45) is 4.96. The lowest BCUT2D eigenvalue weighted by atomic mass is 10.1. The number of carbonyl (C=O) groups excluding carboxylic acids is 1. The molecule has 16 heavy (non-hydrogen) atoms. The monoisotopic (exact) mass is 227 g/mol. The van der Waals surface area contributed by atoms with Crippen LogP contribution >= 0.6 is 0 Å². The molecular formula is C13H25NO2. The van der Waals surface area contributed by atoms with Gasteiger partial charge in [0.2, 0.25) is 0 Å². The molecule has 94 valence electrons. The molecule has 1 aliphatic carbocycles. The van der Waals surface area contributed by atoms with E-state index in [9.17, 15) is 4.79 Å². The van der Waals surface area contributed by atoms with Crippen LogP contribution in [0.25, 0.3) is 0 Å². The number of esters is 1. The molecule has 0 bridgehead atoms. The van der Waals surface area contributed by atoms with E-state index >= 15 is 0 Å². The van der Waals surface area contributed by atoms with Gasteiger partial charge >= 0.3 is 5.97 Å². The van der Waals surface area contributed by atoms with Crippen molar-refractivity contribution >= 4 is 5.97 Å². The lowest BCUT2D eigenvalue weighted by molar-refractivity contribution is -0.144. The van der Waals surface area contributed by atoms with Crippen molar-refractivity contribution in [2.75, 3.05) is 19.7 Å². The summed E-state index contributed by atoms with van der Waals surface area (Å²) >= 11 is 0. The maximum absolute atomic E-state index is 11.5. The fourth-order valence-corrected chi connectivity index (χ4v) is 2.14. The lowest BCUT2D eigenvalue weighted by Crippen LogP contribution is -2.36. The Hall–Kier alpha value is -0.570. The van der Waals surface area contributed by atoms with E-state index in [-0.39, 0.29) is 5.97 Å². The minimum atomic E-state index is -0.0712. The van der Waals surface area contributed by atoms with Gasteiger partial charge in [0.15, 0.2) is 0 Å². The van der Waals surface area contributed by atoms with Gasteiger partial charge in [0.1, 0.15) is 0 Å². The summed E-state index contributed by atoms with van der Waals surface area (Å²) in [6, 6.07) is 0.642. The van der Waals surface area contributed by atoms with Gasteiger partial charge in [0.05, 0.1) is 13.2 Å². The second-order valence-corrected chi connectivity index (χ2v) is 4.86. The van der Waals surface area contributed by atoms with Crippen LogP contribution in [0.1, 0.15) is 46.5 Å². The van der Waals surface area contributed by atoms with E-state index in [0.717, 1.165) is 6.54 Å². The van der Waals surface area contributed by atoms with Gasteiger partial charge in [-0.2, -0.15) is 0 Å². The molecule has 0 aromatic rings. The molecular weight excluding hydrogens is 202 g/mol. The van der Waals surface area contributed by atoms with Crippen LogP contribution in [0, 0.1) is 5.92 Å². The highest BCUT2D eigenvalue weighted by atomic mass is 16.5. The van der Waals surface area contributed by atoms with Gasteiger partial charge in [0, 0.05) is 12.6 Å². The fourth-order valence-electron chi connectivity index (χ4n) is 2.14. The molecule has 3 nitrogen and oxygen atoms in total. The maximum atomic E-state index is 11.5. The van der Waals surface area contributed by atoms with Crippen molar-refractivity contribution in [2.45, 2.75) is 52.5 Å². The first-order chi connectivity index (χ1) is 7.67. The van der Waals surface area contributed by atoms with Crippen molar-refractivity contribution in [3.05, 3.63) is 0 Å². The van der Waals surface area contributed by atoms with Crippen molar-refractivity contribution in [3.63, 3.8) is 0 Å². The highest BCUT2D eigenvalue weighted by Crippen LogP contribution is 2.27. The third-order valence-electron chi connectivity index (χ3n) is 3.03. The van der Waals surface area contributed by atoms with E-state index in [2.05, 4.69) is 18.7 Å². The molecule has 1 aliphatic rings. The second-order valence-electron chi connectivity index (χ2n) is 4.86. The number of carbonyl (C=O) groups is 1. The molecule has 0 aromatic heterocycles. The van der Waals surface area contributed by atoms with Crippen molar-refractivity contribution < 1.29 is 9.53 Å². The van der Waals surface area contributed by atoms with Crippen molar-refractivity contribution in [3.8, 4) is 0 Å². The van der Waals surface area contributed by atoms with Crippen LogP contribution in [-0.2, 0) is 9.53 Å². The van der Waals surface area contributed by atoms with Crippen LogP contribution in [0.15, 0.2) is 0 Å². The summed E-state index contributed by atoms with van der Waals surface area (Å²) in [6.45, 7) is 8.35. The summed E-state index contributed by atoms with van der Waals surface area (Å²) < 4.78 is 5.01. The highest BCUT2D eigenvalue weighted by Gasteiger charge is 2.31. The summed E-state index contributed by atoms with van der Waals surface area (Å²) in [5, 5.41) is 0. The predicted molar refractivity (Wildman–Crippen MR) is 65.3 cm³/mol. The van der Waals surface area contributed by atoms with Crippen molar-refractivity contribution in [2.24, 2.45) is 5.92 Å². The first-order valence-electron chi connectivity index (χ1n) is 6.57. The third-order valence-corrected chi connectivity index (χ3v) is 3.03. The molecule has 1 saturated carbocycles. The Labute approximate surface area is 99.1 Å². The topological polar surface area (TPSA) is 29.5 Å². The van der Waals surface area contributed by atoms with Gasteiger partial charge in [-0.25, -0.2) is 0 Å². The number of ether oxygens (including phenoxy) is 1. The Bertz CT molecular complexity index is 214. The molecule has 0 spiro atoms. The standard InChI is InChI=1S/C13H25NO2/c1-4-6-11(3)9-14(12-7-8-12)10-13(15)16-5-2/h11-12H,4-10H2,1-3H3. The SMILES string of the molecule is CCCC(C)CN(CC(=O)OCC)C1CC1. The number of hydrogen-bond donors (Lipinski definition) is 0. The minimum Gasteiger partial charge on any atom is -0.465 e. The molecule has 1 atom stereocenters. The van der Waals surface area contributed by atoms with E-state index in [1.165, 1.54) is 25.7 Å². The second kappa shape index (κ2) is 6.89. The quantitative estimate of drug-likeness (QED) is 0.597. The summed E-state index contributed by atoms with van der Waals surface area (Å²) in [5.74, 6) is 0.609. The number of hydrogen-bond acceptors (Lipinski definition) is 3. The van der Waals surface area contributed by atoms with Crippen LogP contribution in [0.4, 0.5) is 0 Å². The van der Waals surface area contributed by atoms with Crippen LogP contribution in [-0.4, -0.2) is 36.6 Å². The zero-order valence-corrected chi connectivity index (χ0v) is 10.9. The Morgan fingerprint density at radius 1 is 1.44 bits per heavy atom. The molecule has 3 heteroatoms. The molecule has 0 heterocycles. The average Bonchev–Trinajstić information content (AvgIpc) is 3.00. The van der Waals surface area contributed by atoms with Crippen LogP contribution < -0.4 is 0 Å². The first-order valence-corrected chi connectivity index (χ1v) is 6.57. The summed E-state index contributed by atoms with van der Waals surface area (Å²) in [4.78, 5) is 13.8. The fraction of sp³-hybridized carbons (Fsp3) is 0.923. The molecule has 0 saturated heterocycles. The lowest BCUT2D eigenvalue weighted by Gasteiger charge is -2.24. The zero-order chi connectivity index (χ0) is 12.0. The van der Waals surface area contributed by atoms with Crippen LogP contribution in [0.5, 0.6) is 0 Å². The van der Waals surface area contributed by atoms with Crippen molar-refractivity contribution in [1.29, 1.82) is 0 Å². The zero-order valence-electron chi connectivity index (χ0n) is 10.9. The van der Waals surface area contributed by atoms with E-state index < -0.39 is 0 Å². The molecule has 0 aliphatic heterocycles. The van der Waals surface area contributed by atoms with Gasteiger partial charge in [-0.05, 0) is 32.1 Å². The molecule has 0 aromatic carbocycles. The molecule has 0 radical (unpaired) electrons. The number of rotatable bonds is 8. The largest absolute Gasteiger partial charge is 0.465 e. The molecule has 1 fully saturated rings. The summed E-state index contributed by atoms with van der Waals surface area (Å²) in [5.41, 5.74) is 0. The Kier molecular flexibility index (Phi) is 5.81. The minimum absolute atomic E-state index is 0.0712. The normalized spacial score (nSPS) is 17.5. The predicted octanol–water partition coefficient (Wildman–Crippen LogP) is 2.45. The summed E-state index contributed by atoms with van der Waals surface area (Å²) in [7, 11) is 0. The number of nitrogens with zero attached hydrogens (tertiary/aromatic N) is 1. The molecule has 1 rings (SSSR count). The van der Waals surface area contributed by atoms with Gasteiger partial charge < -0.3 is 4.74 Å². The van der Waals surface area contributed by atoms with E-state index in [0.29, 0.717) is 25.1 Å². The Morgan fingerprint density at radius 3 is 2.62 bits per heavy atom. The van der Waals surface area contributed by atoms with E-state index in [4.69, 9.17) is 4.74 Å². The van der Waals surface area contributed by atoms with Crippen LogP contribution in [0.2, 0.25) is 0 Å². The smallest absolute Gasteiger partial charge is 0.320 e. The van der Waals surface area contributed by atoms with E-state index in [1.807, 2.05) is 6.92 Å².